The van der Waals surface area contributed by atoms with Crippen molar-refractivity contribution in [2.24, 2.45) is 5.92 Å². The van der Waals surface area contributed by atoms with Crippen molar-refractivity contribution in [1.29, 1.82) is 0 Å². The highest BCUT2D eigenvalue weighted by atomic mass is 16.5. The van der Waals surface area contributed by atoms with Crippen LogP contribution in [0.3, 0.4) is 0 Å². The Labute approximate surface area is 109 Å². The van der Waals surface area contributed by atoms with Gasteiger partial charge in [-0.25, -0.2) is 0 Å². The van der Waals surface area contributed by atoms with Gasteiger partial charge in [-0.3, -0.25) is 4.79 Å². The Bertz CT molecular complexity index is 442. The van der Waals surface area contributed by atoms with E-state index in [0.29, 0.717) is 12.5 Å². The second kappa shape index (κ2) is 5.53. The van der Waals surface area contributed by atoms with Gasteiger partial charge in [-0.1, -0.05) is 30.7 Å². The van der Waals surface area contributed by atoms with E-state index in [9.17, 15) is 4.79 Å². The Morgan fingerprint density at radius 2 is 2.28 bits per heavy atom. The van der Waals surface area contributed by atoms with Crippen LogP contribution in [-0.2, 0) is 16.0 Å². The summed E-state index contributed by atoms with van der Waals surface area (Å²) < 4.78 is 5.14. The summed E-state index contributed by atoms with van der Waals surface area (Å²) in [7, 11) is 0. The predicted molar refractivity (Wildman–Crippen MR) is 71.4 cm³/mol. The summed E-state index contributed by atoms with van der Waals surface area (Å²) in [6.45, 7) is 6.89. The lowest BCUT2D eigenvalue weighted by Gasteiger charge is -2.19. The summed E-state index contributed by atoms with van der Waals surface area (Å²) in [5.74, 6) is 0.426. The van der Waals surface area contributed by atoms with Crippen LogP contribution >= 0.6 is 0 Å². The van der Waals surface area contributed by atoms with E-state index in [4.69, 9.17) is 4.74 Å². The average molecular weight is 247 g/mol. The van der Waals surface area contributed by atoms with Gasteiger partial charge in [-0.15, -0.1) is 0 Å². The Hall–Kier alpha value is -1.35. The zero-order valence-electron chi connectivity index (χ0n) is 11.3. The smallest absolute Gasteiger partial charge is 0.246 e. The third kappa shape index (κ3) is 2.72. The Morgan fingerprint density at radius 3 is 3.00 bits per heavy atom. The van der Waals surface area contributed by atoms with Gasteiger partial charge in [0, 0.05) is 6.61 Å². The molecule has 1 aliphatic rings. The van der Waals surface area contributed by atoms with Crippen LogP contribution in [0.4, 0.5) is 0 Å². The number of aryl methyl sites for hydroxylation is 1. The molecule has 1 aliphatic carbocycles. The highest BCUT2D eigenvalue weighted by molar-refractivity contribution is 5.78. The highest BCUT2D eigenvalue weighted by Crippen LogP contribution is 2.36. The van der Waals surface area contributed by atoms with Crippen LogP contribution < -0.4 is 5.32 Å². The minimum atomic E-state index is -0.0249. The molecule has 0 saturated heterocycles. The van der Waals surface area contributed by atoms with Gasteiger partial charge in [-0.05, 0) is 37.3 Å². The SMILES string of the molecule is CCOCC(=O)N[C@@H]1c2cc(C)ccc2C[C@H]1C. The molecule has 0 bridgehead atoms. The topological polar surface area (TPSA) is 38.3 Å². The zero-order chi connectivity index (χ0) is 13.1. The van der Waals surface area contributed by atoms with E-state index >= 15 is 0 Å². The van der Waals surface area contributed by atoms with Crippen LogP contribution in [0.5, 0.6) is 0 Å². The Balaban J connectivity index is 2.10. The third-order valence-electron chi connectivity index (χ3n) is 3.50. The summed E-state index contributed by atoms with van der Waals surface area (Å²) in [6, 6.07) is 6.63. The standard InChI is InChI=1S/C15H21NO2/c1-4-18-9-14(17)16-15-11(3)8-12-6-5-10(2)7-13(12)15/h5-7,11,15H,4,8-9H2,1-3H3,(H,16,17)/t11-,15+/m1/s1. The number of benzene rings is 1. The maximum atomic E-state index is 11.8. The Kier molecular flexibility index (Phi) is 4.02. The summed E-state index contributed by atoms with van der Waals surface area (Å²) in [5.41, 5.74) is 3.87. The van der Waals surface area contributed by atoms with Gasteiger partial charge >= 0.3 is 0 Å². The first kappa shape index (κ1) is 13.1. The van der Waals surface area contributed by atoms with Gasteiger partial charge in [0.1, 0.15) is 6.61 Å². The number of ether oxygens (including phenoxy) is 1. The predicted octanol–water partition coefficient (Wildman–Crippen LogP) is 2.38. The molecule has 1 aromatic rings. The second-order valence-electron chi connectivity index (χ2n) is 5.07. The summed E-state index contributed by atoms with van der Waals surface area (Å²) in [4.78, 5) is 11.8. The molecule has 1 amide bonds. The van der Waals surface area contributed by atoms with Gasteiger partial charge in [-0.2, -0.15) is 0 Å². The van der Waals surface area contributed by atoms with Crippen molar-refractivity contribution in [2.75, 3.05) is 13.2 Å². The fourth-order valence-corrected chi connectivity index (χ4v) is 2.59. The van der Waals surface area contributed by atoms with E-state index in [2.05, 4.69) is 37.4 Å². The van der Waals surface area contributed by atoms with Crippen molar-refractivity contribution in [2.45, 2.75) is 33.2 Å². The quantitative estimate of drug-likeness (QED) is 0.887. The van der Waals surface area contributed by atoms with E-state index in [-0.39, 0.29) is 18.6 Å². The van der Waals surface area contributed by atoms with Gasteiger partial charge in [0.25, 0.3) is 0 Å². The van der Waals surface area contributed by atoms with Gasteiger partial charge in [0.15, 0.2) is 0 Å². The van der Waals surface area contributed by atoms with E-state index in [0.717, 1.165) is 6.42 Å². The number of hydrogen-bond donors (Lipinski definition) is 1. The second-order valence-corrected chi connectivity index (χ2v) is 5.07. The molecule has 1 N–H and O–H groups in total. The van der Waals surface area contributed by atoms with E-state index < -0.39 is 0 Å². The average Bonchev–Trinajstić information content (AvgIpc) is 2.63. The molecule has 2 rings (SSSR count). The number of carbonyl (C=O) groups excluding carboxylic acids is 1. The molecule has 0 aliphatic heterocycles. The molecule has 3 nitrogen and oxygen atoms in total. The van der Waals surface area contributed by atoms with Crippen molar-refractivity contribution in [3.63, 3.8) is 0 Å². The van der Waals surface area contributed by atoms with Gasteiger partial charge < -0.3 is 10.1 Å². The molecule has 0 unspecified atom stereocenters. The number of hydrogen-bond acceptors (Lipinski definition) is 2. The zero-order valence-corrected chi connectivity index (χ0v) is 11.3. The van der Waals surface area contributed by atoms with Crippen LogP contribution in [0.15, 0.2) is 18.2 Å². The first-order valence-electron chi connectivity index (χ1n) is 6.58. The van der Waals surface area contributed by atoms with E-state index in [1.54, 1.807) is 0 Å². The largest absolute Gasteiger partial charge is 0.372 e. The molecular formula is C15H21NO2. The lowest BCUT2D eigenvalue weighted by atomic mass is 10.0. The first-order valence-corrected chi connectivity index (χ1v) is 6.58. The minimum Gasteiger partial charge on any atom is -0.372 e. The lowest BCUT2D eigenvalue weighted by molar-refractivity contribution is -0.126. The summed E-state index contributed by atoms with van der Waals surface area (Å²) in [5, 5.41) is 3.08. The van der Waals surface area contributed by atoms with E-state index in [1.807, 2.05) is 6.92 Å². The Morgan fingerprint density at radius 1 is 1.50 bits per heavy atom. The van der Waals surface area contributed by atoms with Gasteiger partial charge in [0.2, 0.25) is 5.91 Å². The maximum absolute atomic E-state index is 11.8. The molecule has 3 heteroatoms. The van der Waals surface area contributed by atoms with Crippen molar-refractivity contribution >= 4 is 5.91 Å². The molecule has 0 fully saturated rings. The molecule has 0 aromatic heterocycles. The van der Waals surface area contributed by atoms with Crippen LogP contribution in [0, 0.1) is 12.8 Å². The minimum absolute atomic E-state index is 0.0249. The molecule has 0 radical (unpaired) electrons. The third-order valence-corrected chi connectivity index (χ3v) is 3.50. The maximum Gasteiger partial charge on any atom is 0.246 e. The van der Waals surface area contributed by atoms with Crippen LogP contribution in [-0.4, -0.2) is 19.1 Å². The lowest BCUT2D eigenvalue weighted by Crippen LogP contribution is -2.33. The summed E-state index contributed by atoms with van der Waals surface area (Å²) >= 11 is 0. The number of rotatable bonds is 4. The summed E-state index contributed by atoms with van der Waals surface area (Å²) in [6.07, 6.45) is 1.04. The number of amides is 1. The fraction of sp³-hybridized carbons (Fsp3) is 0.533. The normalized spacial score (nSPS) is 21.7. The molecule has 0 saturated carbocycles. The van der Waals surface area contributed by atoms with Crippen molar-refractivity contribution in [1.82, 2.24) is 5.32 Å². The van der Waals surface area contributed by atoms with Crippen molar-refractivity contribution in [3.8, 4) is 0 Å². The molecule has 98 valence electrons. The van der Waals surface area contributed by atoms with Crippen LogP contribution in [0.2, 0.25) is 0 Å². The monoisotopic (exact) mass is 247 g/mol. The molecule has 0 spiro atoms. The van der Waals surface area contributed by atoms with Crippen molar-refractivity contribution < 1.29 is 9.53 Å². The van der Waals surface area contributed by atoms with Crippen LogP contribution in [0.1, 0.15) is 36.6 Å². The van der Waals surface area contributed by atoms with Gasteiger partial charge in [0.05, 0.1) is 6.04 Å². The fourth-order valence-electron chi connectivity index (χ4n) is 2.59. The molecule has 0 heterocycles. The molecule has 2 atom stereocenters. The molecule has 1 aromatic carbocycles. The molecular weight excluding hydrogens is 226 g/mol. The van der Waals surface area contributed by atoms with Crippen molar-refractivity contribution in [3.05, 3.63) is 34.9 Å². The van der Waals surface area contributed by atoms with E-state index in [1.165, 1.54) is 16.7 Å². The first-order chi connectivity index (χ1) is 8.61. The van der Waals surface area contributed by atoms with Crippen LogP contribution in [0.25, 0.3) is 0 Å². The molecule has 18 heavy (non-hydrogen) atoms. The highest BCUT2D eigenvalue weighted by Gasteiger charge is 2.30. The number of carbonyl (C=O) groups is 1. The number of fused-ring (bicyclic) bond motifs is 1. The number of nitrogens with one attached hydrogen (secondary N) is 1.